The van der Waals surface area contributed by atoms with E-state index >= 15 is 0 Å². The molecule has 176 valence electrons. The molecule has 0 unspecified atom stereocenters. The second-order valence-corrected chi connectivity index (χ2v) is 8.42. The van der Waals surface area contributed by atoms with E-state index in [0.29, 0.717) is 34.4 Å². The molecule has 7 nitrogen and oxygen atoms in total. The van der Waals surface area contributed by atoms with Crippen LogP contribution in [0.1, 0.15) is 35.4 Å². The van der Waals surface area contributed by atoms with Crippen LogP contribution >= 0.6 is 11.6 Å². The van der Waals surface area contributed by atoms with E-state index in [-0.39, 0.29) is 6.04 Å². The molecule has 0 saturated heterocycles. The molecule has 0 aliphatic carbocycles. The van der Waals surface area contributed by atoms with Crippen molar-refractivity contribution < 1.29 is 23.7 Å². The van der Waals surface area contributed by atoms with E-state index in [1.165, 1.54) is 0 Å². The lowest BCUT2D eigenvalue weighted by atomic mass is 9.95. The summed E-state index contributed by atoms with van der Waals surface area (Å²) < 4.78 is 28.3. The summed E-state index contributed by atoms with van der Waals surface area (Å²) in [6.45, 7) is 0. The lowest BCUT2D eigenvalue weighted by molar-refractivity contribution is -0.0191. The molecule has 0 bridgehead atoms. The van der Waals surface area contributed by atoms with Gasteiger partial charge in [0, 0.05) is 28.1 Å². The van der Waals surface area contributed by atoms with Crippen molar-refractivity contribution in [2.24, 2.45) is 5.10 Å². The molecule has 34 heavy (non-hydrogen) atoms. The number of hydrogen-bond acceptors (Lipinski definition) is 7. The lowest BCUT2D eigenvalue weighted by Crippen LogP contribution is -2.33. The molecule has 2 atom stereocenters. The van der Waals surface area contributed by atoms with Gasteiger partial charge in [-0.25, -0.2) is 5.01 Å². The molecule has 3 aromatic carbocycles. The summed E-state index contributed by atoms with van der Waals surface area (Å²) in [5.41, 5.74) is 3.79. The minimum absolute atomic E-state index is 0.0383. The van der Waals surface area contributed by atoms with Crippen molar-refractivity contribution in [1.29, 1.82) is 0 Å². The number of rotatable bonds is 6. The van der Waals surface area contributed by atoms with Gasteiger partial charge in [0.05, 0.1) is 40.2 Å². The number of fused-ring (bicyclic) bond motifs is 3. The molecular formula is C26H25ClN2O5. The molecule has 5 rings (SSSR count). The van der Waals surface area contributed by atoms with Crippen LogP contribution in [0.25, 0.3) is 0 Å². The van der Waals surface area contributed by atoms with Gasteiger partial charge in [-0.1, -0.05) is 11.6 Å². The summed E-state index contributed by atoms with van der Waals surface area (Å²) in [6, 6.07) is 17.3. The first kappa shape index (κ1) is 22.2. The highest BCUT2D eigenvalue weighted by molar-refractivity contribution is 6.30. The van der Waals surface area contributed by atoms with E-state index in [9.17, 15) is 0 Å². The fourth-order valence-corrected chi connectivity index (χ4v) is 4.66. The SMILES string of the molecule is COc1ccc(C2=NN3[C@@H](C2)c2cc(Cl)ccc2O[C@H]3c2ccc(OC)c(OC)c2)cc1OC. The van der Waals surface area contributed by atoms with Crippen molar-refractivity contribution in [3.8, 4) is 28.7 Å². The van der Waals surface area contributed by atoms with Crippen molar-refractivity contribution >= 4 is 17.3 Å². The molecule has 0 radical (unpaired) electrons. The van der Waals surface area contributed by atoms with Crippen LogP contribution in [0.2, 0.25) is 5.02 Å². The summed E-state index contributed by atoms with van der Waals surface area (Å²) >= 11 is 6.35. The smallest absolute Gasteiger partial charge is 0.214 e. The van der Waals surface area contributed by atoms with Crippen LogP contribution in [0.5, 0.6) is 28.7 Å². The maximum Gasteiger partial charge on any atom is 0.214 e. The number of benzene rings is 3. The number of halogens is 1. The fourth-order valence-electron chi connectivity index (χ4n) is 4.47. The molecule has 0 aromatic heterocycles. The topological polar surface area (TPSA) is 61.8 Å². The molecule has 2 aliphatic rings. The normalized spacial score (nSPS) is 18.4. The maximum absolute atomic E-state index is 6.44. The standard InChI is InChI=1S/C26H25ClN2O5/c1-30-22-8-5-15(11-24(22)32-3)19-14-20-18-13-17(27)7-10-21(18)34-26(29(20)28-19)16-6-9-23(31-2)25(12-16)33-4/h5-13,20,26H,14H2,1-4H3/t20-,26-/m0/s1. The molecule has 3 aromatic rings. The van der Waals surface area contributed by atoms with Crippen molar-refractivity contribution in [2.75, 3.05) is 28.4 Å². The van der Waals surface area contributed by atoms with Gasteiger partial charge in [-0.2, -0.15) is 5.10 Å². The average Bonchev–Trinajstić information content (AvgIpc) is 3.33. The summed E-state index contributed by atoms with van der Waals surface area (Å²) in [6.07, 6.45) is 0.242. The molecule has 8 heteroatoms. The van der Waals surface area contributed by atoms with Crippen LogP contribution in [0.4, 0.5) is 0 Å². The summed E-state index contributed by atoms with van der Waals surface area (Å²) in [7, 11) is 6.48. The summed E-state index contributed by atoms with van der Waals surface area (Å²) in [4.78, 5) is 0. The first-order valence-electron chi connectivity index (χ1n) is 10.8. The predicted octanol–water partition coefficient (Wildman–Crippen LogP) is 5.62. The second kappa shape index (κ2) is 8.99. The molecule has 0 spiro atoms. The van der Waals surface area contributed by atoms with Crippen LogP contribution in [-0.2, 0) is 0 Å². The maximum atomic E-state index is 6.44. The highest BCUT2D eigenvalue weighted by Gasteiger charge is 2.41. The Morgan fingerprint density at radius 1 is 0.824 bits per heavy atom. The Bertz CT molecular complexity index is 1260. The highest BCUT2D eigenvalue weighted by atomic mass is 35.5. The molecular weight excluding hydrogens is 456 g/mol. The van der Waals surface area contributed by atoms with Gasteiger partial charge in [-0.15, -0.1) is 0 Å². The van der Waals surface area contributed by atoms with Crippen molar-refractivity contribution in [3.05, 3.63) is 76.3 Å². The highest BCUT2D eigenvalue weighted by Crippen LogP contribution is 2.49. The van der Waals surface area contributed by atoms with Crippen LogP contribution in [0.3, 0.4) is 0 Å². The third-order valence-electron chi connectivity index (χ3n) is 6.16. The first-order valence-corrected chi connectivity index (χ1v) is 11.2. The molecule has 2 heterocycles. The summed E-state index contributed by atoms with van der Waals surface area (Å²) in [5.74, 6) is 3.40. The Hall–Kier alpha value is -3.58. The fraction of sp³-hybridized carbons (Fsp3) is 0.269. The first-order chi connectivity index (χ1) is 16.6. The van der Waals surface area contributed by atoms with E-state index in [2.05, 4.69) is 0 Å². The largest absolute Gasteiger partial charge is 0.493 e. The van der Waals surface area contributed by atoms with Crippen LogP contribution < -0.4 is 23.7 Å². The second-order valence-electron chi connectivity index (χ2n) is 7.98. The van der Waals surface area contributed by atoms with Gasteiger partial charge in [0.15, 0.2) is 23.0 Å². The molecule has 0 amide bonds. The number of nitrogens with zero attached hydrogens (tertiary/aromatic N) is 2. The number of hydrazone groups is 1. The minimum atomic E-state index is -0.448. The number of hydrogen-bond donors (Lipinski definition) is 0. The lowest BCUT2D eigenvalue weighted by Gasteiger charge is -2.38. The molecule has 2 aliphatic heterocycles. The zero-order valence-corrected chi connectivity index (χ0v) is 20.1. The van der Waals surface area contributed by atoms with Gasteiger partial charge < -0.3 is 23.7 Å². The van der Waals surface area contributed by atoms with Crippen LogP contribution in [0.15, 0.2) is 59.7 Å². The van der Waals surface area contributed by atoms with Crippen LogP contribution in [-0.4, -0.2) is 39.2 Å². The van der Waals surface area contributed by atoms with E-state index in [1.807, 2.05) is 59.6 Å². The van der Waals surface area contributed by atoms with Gasteiger partial charge in [-0.3, -0.25) is 0 Å². The third kappa shape index (κ3) is 3.76. The van der Waals surface area contributed by atoms with Crippen molar-refractivity contribution in [2.45, 2.75) is 18.7 Å². The predicted molar refractivity (Wildman–Crippen MR) is 130 cm³/mol. The van der Waals surface area contributed by atoms with Crippen molar-refractivity contribution in [1.82, 2.24) is 5.01 Å². The Morgan fingerprint density at radius 2 is 1.50 bits per heavy atom. The Labute approximate surface area is 203 Å². The van der Waals surface area contributed by atoms with Gasteiger partial charge in [0.2, 0.25) is 6.23 Å². The quantitative estimate of drug-likeness (QED) is 0.456. The Morgan fingerprint density at radius 3 is 2.21 bits per heavy atom. The van der Waals surface area contributed by atoms with Gasteiger partial charge in [0.25, 0.3) is 0 Å². The molecule has 0 fully saturated rings. The zero-order valence-electron chi connectivity index (χ0n) is 19.4. The third-order valence-corrected chi connectivity index (χ3v) is 6.40. The summed E-state index contributed by atoms with van der Waals surface area (Å²) in [5, 5.41) is 7.66. The van der Waals surface area contributed by atoms with Crippen molar-refractivity contribution in [3.63, 3.8) is 0 Å². The Kier molecular flexibility index (Phi) is 5.87. The monoisotopic (exact) mass is 480 g/mol. The number of ether oxygens (including phenoxy) is 5. The van der Waals surface area contributed by atoms with Gasteiger partial charge >= 0.3 is 0 Å². The number of methoxy groups -OCH3 is 4. The van der Waals surface area contributed by atoms with E-state index in [0.717, 1.165) is 28.2 Å². The Balaban J connectivity index is 1.59. The van der Waals surface area contributed by atoms with Gasteiger partial charge in [0.1, 0.15) is 5.75 Å². The average molecular weight is 481 g/mol. The molecule has 0 saturated carbocycles. The minimum Gasteiger partial charge on any atom is -0.493 e. The van der Waals surface area contributed by atoms with E-state index < -0.39 is 6.23 Å². The molecule has 0 N–H and O–H groups in total. The van der Waals surface area contributed by atoms with E-state index in [1.54, 1.807) is 28.4 Å². The zero-order chi connectivity index (χ0) is 23.8. The van der Waals surface area contributed by atoms with E-state index in [4.69, 9.17) is 40.4 Å². The van der Waals surface area contributed by atoms with Gasteiger partial charge in [-0.05, 0) is 54.6 Å². The van der Waals surface area contributed by atoms with Crippen LogP contribution in [0, 0.1) is 0 Å².